The summed E-state index contributed by atoms with van der Waals surface area (Å²) in [5, 5.41) is 10.9. The predicted molar refractivity (Wildman–Crippen MR) is 86.2 cm³/mol. The van der Waals surface area contributed by atoms with Crippen LogP contribution in [0.4, 0.5) is 10.6 Å². The van der Waals surface area contributed by atoms with E-state index in [9.17, 15) is 4.79 Å². The van der Waals surface area contributed by atoms with E-state index in [2.05, 4.69) is 15.6 Å². The Morgan fingerprint density at radius 3 is 3.00 bits per heavy atom. The fraction of sp³-hybridized carbons (Fsp3) is 0.438. The number of likely N-dealkylation sites (tertiary alicyclic amines) is 1. The minimum absolute atomic E-state index is 0.114. The standard InChI is InChI=1S/C16H21N5O2/c1-23-14-8-5-9-20(11-14)16(22)17-15-12-21(19-18-15)10-13-6-3-2-4-7-13/h2-4,6-7,12,14H,5,8-11H2,1H3,(H,17,22). The van der Waals surface area contributed by atoms with Crippen molar-refractivity contribution in [1.29, 1.82) is 0 Å². The van der Waals surface area contributed by atoms with Crippen molar-refractivity contribution in [3.8, 4) is 0 Å². The highest BCUT2D eigenvalue weighted by atomic mass is 16.5. The number of aromatic nitrogens is 3. The predicted octanol–water partition coefficient (Wildman–Crippen LogP) is 1.97. The molecule has 2 heterocycles. The van der Waals surface area contributed by atoms with E-state index in [1.807, 2.05) is 30.3 Å². The van der Waals surface area contributed by atoms with E-state index in [0.29, 0.717) is 18.9 Å². The fourth-order valence-electron chi connectivity index (χ4n) is 2.71. The van der Waals surface area contributed by atoms with Gasteiger partial charge in [-0.15, -0.1) is 5.10 Å². The number of nitrogens with one attached hydrogen (secondary N) is 1. The number of anilines is 1. The average molecular weight is 315 g/mol. The van der Waals surface area contributed by atoms with Gasteiger partial charge >= 0.3 is 6.03 Å². The molecule has 1 N–H and O–H groups in total. The van der Waals surface area contributed by atoms with Gasteiger partial charge in [-0.05, 0) is 18.4 Å². The number of carbonyl (C=O) groups is 1. The van der Waals surface area contributed by atoms with E-state index in [4.69, 9.17) is 4.74 Å². The Bertz CT molecular complexity index is 643. The van der Waals surface area contributed by atoms with Crippen molar-refractivity contribution >= 4 is 11.8 Å². The zero-order valence-electron chi connectivity index (χ0n) is 13.2. The second kappa shape index (κ2) is 7.23. The highest BCUT2D eigenvalue weighted by Gasteiger charge is 2.23. The number of hydrogen-bond donors (Lipinski definition) is 1. The van der Waals surface area contributed by atoms with Crippen LogP contribution < -0.4 is 5.32 Å². The van der Waals surface area contributed by atoms with E-state index >= 15 is 0 Å². The van der Waals surface area contributed by atoms with E-state index in [-0.39, 0.29) is 12.1 Å². The van der Waals surface area contributed by atoms with Gasteiger partial charge in [0.2, 0.25) is 0 Å². The largest absolute Gasteiger partial charge is 0.380 e. The van der Waals surface area contributed by atoms with E-state index in [1.54, 1.807) is 22.9 Å². The molecule has 1 unspecified atom stereocenters. The zero-order valence-corrected chi connectivity index (χ0v) is 13.2. The monoisotopic (exact) mass is 315 g/mol. The number of nitrogens with zero attached hydrogens (tertiary/aromatic N) is 4. The lowest BCUT2D eigenvalue weighted by Gasteiger charge is -2.31. The van der Waals surface area contributed by atoms with Gasteiger partial charge in [-0.2, -0.15) is 0 Å². The molecule has 122 valence electrons. The normalized spacial score (nSPS) is 18.0. The number of urea groups is 1. The van der Waals surface area contributed by atoms with Gasteiger partial charge in [-0.3, -0.25) is 5.32 Å². The first kappa shape index (κ1) is 15.5. The highest BCUT2D eigenvalue weighted by molar-refractivity contribution is 5.88. The van der Waals surface area contributed by atoms with E-state index < -0.39 is 0 Å². The van der Waals surface area contributed by atoms with Crippen LogP contribution in [0.3, 0.4) is 0 Å². The quantitative estimate of drug-likeness (QED) is 0.936. The molecule has 2 aromatic rings. The summed E-state index contributed by atoms with van der Waals surface area (Å²) in [5.41, 5.74) is 1.13. The minimum atomic E-state index is -0.154. The van der Waals surface area contributed by atoms with Gasteiger partial charge in [0.1, 0.15) is 0 Å². The molecule has 1 fully saturated rings. The number of benzene rings is 1. The van der Waals surface area contributed by atoms with Crippen LogP contribution in [-0.2, 0) is 11.3 Å². The highest BCUT2D eigenvalue weighted by Crippen LogP contribution is 2.14. The number of hydrogen-bond acceptors (Lipinski definition) is 4. The molecule has 0 saturated carbocycles. The van der Waals surface area contributed by atoms with Crippen LogP contribution in [0.2, 0.25) is 0 Å². The van der Waals surface area contributed by atoms with Crippen molar-refractivity contribution in [2.24, 2.45) is 0 Å². The first-order valence-corrected chi connectivity index (χ1v) is 7.77. The van der Waals surface area contributed by atoms with Crippen molar-refractivity contribution in [3.05, 3.63) is 42.1 Å². The second-order valence-electron chi connectivity index (χ2n) is 5.66. The molecule has 0 radical (unpaired) electrons. The van der Waals surface area contributed by atoms with Gasteiger partial charge in [-0.1, -0.05) is 35.5 Å². The van der Waals surface area contributed by atoms with Gasteiger partial charge in [0.25, 0.3) is 0 Å². The molecule has 7 heteroatoms. The fourth-order valence-corrected chi connectivity index (χ4v) is 2.71. The Kier molecular flexibility index (Phi) is 4.87. The molecule has 1 atom stereocenters. The first-order chi connectivity index (χ1) is 11.2. The van der Waals surface area contributed by atoms with Crippen molar-refractivity contribution in [2.75, 3.05) is 25.5 Å². The van der Waals surface area contributed by atoms with Gasteiger partial charge in [0, 0.05) is 20.2 Å². The van der Waals surface area contributed by atoms with Crippen LogP contribution in [0.1, 0.15) is 18.4 Å². The van der Waals surface area contributed by atoms with Crippen LogP contribution >= 0.6 is 0 Å². The molecular formula is C16H21N5O2. The van der Waals surface area contributed by atoms with Gasteiger partial charge < -0.3 is 9.64 Å². The Hall–Kier alpha value is -2.41. The molecular weight excluding hydrogens is 294 g/mol. The molecule has 1 aliphatic heterocycles. The summed E-state index contributed by atoms with van der Waals surface area (Å²) in [4.78, 5) is 14.0. The number of piperidine rings is 1. The molecule has 7 nitrogen and oxygen atoms in total. The number of ether oxygens (including phenoxy) is 1. The van der Waals surface area contributed by atoms with Crippen LogP contribution in [0.5, 0.6) is 0 Å². The maximum atomic E-state index is 12.3. The van der Waals surface area contributed by atoms with Crippen LogP contribution in [0.25, 0.3) is 0 Å². The lowest BCUT2D eigenvalue weighted by molar-refractivity contribution is 0.0458. The molecule has 1 aromatic carbocycles. The molecule has 1 saturated heterocycles. The third kappa shape index (κ3) is 4.07. The third-order valence-corrected chi connectivity index (χ3v) is 3.96. The molecule has 0 aliphatic carbocycles. The molecule has 2 amide bonds. The van der Waals surface area contributed by atoms with Crippen molar-refractivity contribution in [2.45, 2.75) is 25.5 Å². The van der Waals surface area contributed by atoms with E-state index in [1.165, 1.54) is 0 Å². The summed E-state index contributed by atoms with van der Waals surface area (Å²) in [5.74, 6) is 0.463. The average Bonchev–Trinajstić information content (AvgIpc) is 3.02. The lowest BCUT2D eigenvalue weighted by atomic mass is 10.1. The first-order valence-electron chi connectivity index (χ1n) is 7.77. The SMILES string of the molecule is COC1CCCN(C(=O)Nc2cn(Cc3ccccc3)nn2)C1. The lowest BCUT2D eigenvalue weighted by Crippen LogP contribution is -2.44. The minimum Gasteiger partial charge on any atom is -0.380 e. The molecule has 1 aromatic heterocycles. The van der Waals surface area contributed by atoms with Crippen molar-refractivity contribution < 1.29 is 9.53 Å². The maximum absolute atomic E-state index is 12.3. The number of carbonyl (C=O) groups excluding carboxylic acids is 1. The number of rotatable bonds is 4. The van der Waals surface area contributed by atoms with Crippen LogP contribution in [0.15, 0.2) is 36.5 Å². The Morgan fingerprint density at radius 2 is 2.22 bits per heavy atom. The number of methoxy groups -OCH3 is 1. The summed E-state index contributed by atoms with van der Waals surface area (Å²) in [7, 11) is 1.68. The van der Waals surface area contributed by atoms with Crippen LogP contribution in [0, 0.1) is 0 Å². The molecule has 0 bridgehead atoms. The third-order valence-electron chi connectivity index (χ3n) is 3.96. The van der Waals surface area contributed by atoms with E-state index in [0.717, 1.165) is 24.9 Å². The van der Waals surface area contributed by atoms with Gasteiger partial charge in [0.15, 0.2) is 5.82 Å². The Labute approximate surface area is 135 Å². The molecule has 1 aliphatic rings. The summed E-state index contributed by atoms with van der Waals surface area (Å²) in [6, 6.07) is 9.84. The topological polar surface area (TPSA) is 72.3 Å². The number of amides is 2. The zero-order chi connectivity index (χ0) is 16.1. The van der Waals surface area contributed by atoms with Crippen LogP contribution in [-0.4, -0.2) is 52.2 Å². The smallest absolute Gasteiger partial charge is 0.323 e. The van der Waals surface area contributed by atoms with Gasteiger partial charge in [-0.25, -0.2) is 9.48 Å². The summed E-state index contributed by atoms with van der Waals surface area (Å²) in [6.07, 6.45) is 3.80. The summed E-state index contributed by atoms with van der Waals surface area (Å²) in [6.45, 7) is 1.98. The Morgan fingerprint density at radius 1 is 1.39 bits per heavy atom. The molecule has 3 rings (SSSR count). The second-order valence-corrected chi connectivity index (χ2v) is 5.66. The molecule has 0 spiro atoms. The maximum Gasteiger partial charge on any atom is 0.323 e. The Balaban J connectivity index is 1.57. The van der Waals surface area contributed by atoms with Crippen molar-refractivity contribution in [3.63, 3.8) is 0 Å². The van der Waals surface area contributed by atoms with Gasteiger partial charge in [0.05, 0.1) is 18.8 Å². The summed E-state index contributed by atoms with van der Waals surface area (Å²) < 4.78 is 7.05. The molecule has 23 heavy (non-hydrogen) atoms. The van der Waals surface area contributed by atoms with Crippen molar-refractivity contribution in [1.82, 2.24) is 19.9 Å². The summed E-state index contributed by atoms with van der Waals surface area (Å²) >= 11 is 0.